The Bertz CT molecular complexity index is 469. The molecule has 0 N–H and O–H groups in total. The number of ether oxygens (including phenoxy) is 2. The molecule has 120 valence electrons. The average Bonchev–Trinajstić information content (AvgIpc) is 2.35. The normalized spacial score (nSPS) is 14.7. The van der Waals surface area contributed by atoms with Crippen LogP contribution in [0.4, 0.5) is 0 Å². The van der Waals surface area contributed by atoms with Crippen molar-refractivity contribution in [2.45, 2.75) is 45.9 Å². The fraction of sp³-hybridized carbons (Fsp3) is 0.647. The van der Waals surface area contributed by atoms with Gasteiger partial charge in [0, 0.05) is 5.56 Å². The van der Waals surface area contributed by atoms with Gasteiger partial charge in [-0.05, 0) is 46.2 Å². The van der Waals surface area contributed by atoms with Gasteiger partial charge < -0.3 is 9.47 Å². The fourth-order valence-corrected chi connectivity index (χ4v) is 3.93. The highest BCUT2D eigenvalue weighted by atomic mass is 79.9. The van der Waals surface area contributed by atoms with Crippen molar-refractivity contribution in [2.75, 3.05) is 14.2 Å². The van der Waals surface area contributed by atoms with Crippen molar-refractivity contribution in [3.05, 3.63) is 22.2 Å². The topological polar surface area (TPSA) is 18.5 Å². The molecule has 1 rings (SSSR count). The Labute approximate surface area is 142 Å². The molecule has 0 aliphatic carbocycles. The van der Waals surface area contributed by atoms with Crippen molar-refractivity contribution in [3.8, 4) is 11.5 Å². The lowest BCUT2D eigenvalue weighted by Crippen LogP contribution is -2.12. The first-order chi connectivity index (χ1) is 9.69. The Morgan fingerprint density at radius 2 is 1.81 bits per heavy atom. The van der Waals surface area contributed by atoms with Crippen molar-refractivity contribution in [2.24, 2.45) is 11.3 Å². The minimum absolute atomic E-state index is 0.0699. The molecule has 1 aromatic carbocycles. The van der Waals surface area contributed by atoms with Crippen LogP contribution in [0.2, 0.25) is 0 Å². The second-order valence-electron chi connectivity index (χ2n) is 6.78. The monoisotopic (exact) mass is 376 g/mol. The maximum absolute atomic E-state index is 6.64. The summed E-state index contributed by atoms with van der Waals surface area (Å²) in [7, 11) is 3.30. The summed E-state index contributed by atoms with van der Waals surface area (Å²) < 4.78 is 11.6. The first-order valence-corrected chi connectivity index (χ1v) is 8.47. The molecule has 0 saturated carbocycles. The summed E-state index contributed by atoms with van der Waals surface area (Å²) in [6, 6.07) is 3.91. The molecule has 0 aromatic heterocycles. The summed E-state index contributed by atoms with van der Waals surface area (Å²) in [6.07, 6.45) is 2.07. The molecule has 2 atom stereocenters. The molecule has 0 fully saturated rings. The third-order valence-electron chi connectivity index (χ3n) is 3.42. The quantitative estimate of drug-likeness (QED) is 0.549. The number of halogens is 2. The second kappa shape index (κ2) is 7.73. The zero-order chi connectivity index (χ0) is 16.2. The predicted octanol–water partition coefficient (Wildman–Crippen LogP) is 6.21. The van der Waals surface area contributed by atoms with Crippen LogP contribution in [0, 0.1) is 11.3 Å². The summed E-state index contributed by atoms with van der Waals surface area (Å²) in [4.78, 5) is 0. The van der Waals surface area contributed by atoms with Crippen LogP contribution in [0.1, 0.15) is 51.5 Å². The highest BCUT2D eigenvalue weighted by Crippen LogP contribution is 2.43. The van der Waals surface area contributed by atoms with Gasteiger partial charge in [-0.2, -0.15) is 0 Å². The zero-order valence-electron chi connectivity index (χ0n) is 13.8. The SMILES string of the molecule is COc1ccc(C(Cl)CC(C)CC(C)(C)C)c(OC)c1Br. The number of rotatable bonds is 6. The number of hydrogen-bond donors (Lipinski definition) is 0. The standard InChI is InChI=1S/C17H26BrClO2/c1-11(10-17(2,3)4)9-13(19)12-7-8-14(20-5)15(18)16(12)21-6/h7-8,11,13H,9-10H2,1-6H3. The van der Waals surface area contributed by atoms with Crippen molar-refractivity contribution >= 4 is 27.5 Å². The van der Waals surface area contributed by atoms with E-state index in [1.807, 2.05) is 12.1 Å². The smallest absolute Gasteiger partial charge is 0.141 e. The first kappa shape index (κ1) is 18.6. The maximum Gasteiger partial charge on any atom is 0.141 e. The number of methoxy groups -OCH3 is 2. The van der Waals surface area contributed by atoms with E-state index in [1.54, 1.807) is 14.2 Å². The zero-order valence-corrected chi connectivity index (χ0v) is 16.1. The van der Waals surface area contributed by atoms with Crippen LogP contribution in [0.15, 0.2) is 16.6 Å². The van der Waals surface area contributed by atoms with Gasteiger partial charge in [-0.1, -0.05) is 33.8 Å². The van der Waals surface area contributed by atoms with E-state index in [0.717, 1.165) is 34.4 Å². The summed E-state index contributed by atoms with van der Waals surface area (Å²) in [6.45, 7) is 9.04. The Balaban J connectivity index is 2.92. The Kier molecular flexibility index (Phi) is 6.86. The minimum Gasteiger partial charge on any atom is -0.495 e. The molecule has 0 amide bonds. The molecular formula is C17H26BrClO2. The molecule has 0 bridgehead atoms. The maximum atomic E-state index is 6.64. The third-order valence-corrected chi connectivity index (χ3v) is 4.59. The second-order valence-corrected chi connectivity index (χ2v) is 8.10. The minimum atomic E-state index is -0.0699. The summed E-state index contributed by atoms with van der Waals surface area (Å²) in [5.74, 6) is 2.07. The largest absolute Gasteiger partial charge is 0.495 e. The van der Waals surface area contributed by atoms with E-state index in [2.05, 4.69) is 43.6 Å². The molecule has 0 radical (unpaired) electrons. The molecule has 21 heavy (non-hydrogen) atoms. The lowest BCUT2D eigenvalue weighted by molar-refractivity contribution is 0.294. The van der Waals surface area contributed by atoms with E-state index in [0.29, 0.717) is 11.3 Å². The molecule has 0 aliphatic rings. The molecular weight excluding hydrogens is 352 g/mol. The number of hydrogen-bond acceptors (Lipinski definition) is 2. The van der Waals surface area contributed by atoms with Crippen LogP contribution in [0.5, 0.6) is 11.5 Å². The van der Waals surface area contributed by atoms with Gasteiger partial charge in [-0.3, -0.25) is 0 Å². The van der Waals surface area contributed by atoms with E-state index in [1.165, 1.54) is 0 Å². The Morgan fingerprint density at radius 1 is 1.19 bits per heavy atom. The average molecular weight is 378 g/mol. The van der Waals surface area contributed by atoms with Crippen molar-refractivity contribution in [1.29, 1.82) is 0 Å². The van der Waals surface area contributed by atoms with Crippen molar-refractivity contribution in [1.82, 2.24) is 0 Å². The Morgan fingerprint density at radius 3 is 2.29 bits per heavy atom. The molecule has 4 heteroatoms. The van der Waals surface area contributed by atoms with Crippen LogP contribution in [0.3, 0.4) is 0 Å². The summed E-state index contributed by atoms with van der Waals surface area (Å²) >= 11 is 10.2. The number of benzene rings is 1. The van der Waals surface area contributed by atoms with Crippen LogP contribution >= 0.6 is 27.5 Å². The van der Waals surface area contributed by atoms with Gasteiger partial charge in [0.1, 0.15) is 16.0 Å². The third kappa shape index (κ3) is 5.37. The molecule has 2 nitrogen and oxygen atoms in total. The van der Waals surface area contributed by atoms with Gasteiger partial charge in [-0.15, -0.1) is 11.6 Å². The van der Waals surface area contributed by atoms with E-state index in [9.17, 15) is 0 Å². The molecule has 2 unspecified atom stereocenters. The van der Waals surface area contributed by atoms with Crippen LogP contribution in [-0.2, 0) is 0 Å². The highest BCUT2D eigenvalue weighted by molar-refractivity contribution is 9.10. The first-order valence-electron chi connectivity index (χ1n) is 7.24. The molecule has 0 aliphatic heterocycles. The fourth-order valence-electron chi connectivity index (χ4n) is 2.77. The van der Waals surface area contributed by atoms with E-state index in [-0.39, 0.29) is 5.38 Å². The Hall–Kier alpha value is -0.410. The van der Waals surface area contributed by atoms with Gasteiger partial charge in [0.2, 0.25) is 0 Å². The summed E-state index contributed by atoms with van der Waals surface area (Å²) in [5, 5.41) is -0.0699. The van der Waals surface area contributed by atoms with Gasteiger partial charge in [-0.25, -0.2) is 0 Å². The molecule has 0 heterocycles. The molecule has 0 spiro atoms. The van der Waals surface area contributed by atoms with Gasteiger partial charge in [0.15, 0.2) is 0 Å². The lowest BCUT2D eigenvalue weighted by atomic mass is 9.83. The number of alkyl halides is 1. The van der Waals surface area contributed by atoms with E-state index in [4.69, 9.17) is 21.1 Å². The van der Waals surface area contributed by atoms with Gasteiger partial charge in [0.25, 0.3) is 0 Å². The van der Waals surface area contributed by atoms with E-state index >= 15 is 0 Å². The highest BCUT2D eigenvalue weighted by Gasteiger charge is 2.23. The summed E-state index contributed by atoms with van der Waals surface area (Å²) in [5.41, 5.74) is 1.33. The van der Waals surface area contributed by atoms with E-state index < -0.39 is 0 Å². The van der Waals surface area contributed by atoms with Crippen LogP contribution < -0.4 is 9.47 Å². The lowest BCUT2D eigenvalue weighted by Gasteiger charge is -2.25. The van der Waals surface area contributed by atoms with Gasteiger partial charge in [0.05, 0.1) is 19.6 Å². The van der Waals surface area contributed by atoms with Crippen LogP contribution in [0.25, 0.3) is 0 Å². The molecule has 1 aromatic rings. The van der Waals surface area contributed by atoms with Crippen molar-refractivity contribution in [3.63, 3.8) is 0 Å². The van der Waals surface area contributed by atoms with Crippen LogP contribution in [-0.4, -0.2) is 14.2 Å². The predicted molar refractivity (Wildman–Crippen MR) is 93.7 cm³/mol. The van der Waals surface area contributed by atoms with Gasteiger partial charge >= 0.3 is 0 Å². The molecule has 0 saturated heterocycles. The van der Waals surface area contributed by atoms with Crippen molar-refractivity contribution < 1.29 is 9.47 Å².